The molecule has 0 saturated heterocycles. The molecular formula is C41H30N4+2. The van der Waals surface area contributed by atoms with Gasteiger partial charge in [0.05, 0.1) is 22.5 Å². The lowest BCUT2D eigenvalue weighted by atomic mass is 9.67. The Bertz CT molecular complexity index is 2620. The number of hydrogen-bond donors (Lipinski definition) is 0. The van der Waals surface area contributed by atoms with Crippen LogP contribution in [0, 0.1) is 11.8 Å². The highest BCUT2D eigenvalue weighted by atomic mass is 15.4. The second kappa shape index (κ2) is 7.70. The molecule has 0 radical (unpaired) electrons. The predicted octanol–water partition coefficient (Wildman–Crippen LogP) is 7.97. The van der Waals surface area contributed by atoms with E-state index in [1.807, 2.05) is 0 Å². The molecule has 4 heteroatoms. The van der Waals surface area contributed by atoms with Crippen molar-refractivity contribution in [1.29, 1.82) is 0 Å². The Balaban J connectivity index is 1.39. The molecule has 0 amide bonds. The molecule has 4 aromatic carbocycles. The zero-order chi connectivity index (χ0) is 29.0. The van der Waals surface area contributed by atoms with Crippen molar-refractivity contribution < 1.29 is 9.13 Å². The Morgan fingerprint density at radius 2 is 1.36 bits per heavy atom. The fraction of sp³-hybridized carbons (Fsp3) is 0.171. The molecule has 1 spiro atoms. The molecule has 0 bridgehead atoms. The largest absolute Gasteiger partial charge is 0.300 e. The lowest BCUT2D eigenvalue weighted by Crippen LogP contribution is -2.83. The third kappa shape index (κ3) is 2.47. The molecule has 4 aliphatic rings. The standard InChI is InChI=1S/C41H30N4/c1-2-10-25(11-3-1)27-23-28-22-26-12-8-16-33(26)41-38(28)36(24-27)43-34-17-6-4-14-30(34)32-19-20-37(45(41)40(32)43)44-35-18-7-5-13-29(35)31-15-9-21-42(41)39(31)44/h1-7,9-11,13-15,17-21,23-24,26,33H,8,12,16,22H2/q+2. The first-order valence-corrected chi connectivity index (χ1v) is 16.5. The number of fused-ring (bicyclic) bond motifs is 9. The van der Waals surface area contributed by atoms with Crippen LogP contribution in [-0.4, -0.2) is 9.13 Å². The van der Waals surface area contributed by atoms with E-state index >= 15 is 0 Å². The van der Waals surface area contributed by atoms with Crippen LogP contribution in [0.4, 0.5) is 0 Å². The third-order valence-electron chi connectivity index (χ3n) is 11.9. The van der Waals surface area contributed by atoms with E-state index in [0.717, 1.165) is 6.42 Å². The second-order valence-corrected chi connectivity index (χ2v) is 13.7. The van der Waals surface area contributed by atoms with E-state index in [0.29, 0.717) is 11.8 Å². The molecule has 212 valence electrons. The van der Waals surface area contributed by atoms with Crippen LogP contribution in [0.25, 0.3) is 66.5 Å². The van der Waals surface area contributed by atoms with Gasteiger partial charge in [0.1, 0.15) is 16.7 Å². The van der Waals surface area contributed by atoms with Crippen LogP contribution in [0.1, 0.15) is 30.4 Å². The van der Waals surface area contributed by atoms with Crippen molar-refractivity contribution in [2.45, 2.75) is 31.3 Å². The van der Waals surface area contributed by atoms with Crippen LogP contribution < -0.4 is 9.13 Å². The number of aromatic nitrogens is 4. The minimum absolute atomic E-state index is 0.345. The Morgan fingerprint density at radius 1 is 0.622 bits per heavy atom. The molecule has 12 rings (SSSR count). The molecule has 2 aliphatic heterocycles. The fourth-order valence-corrected chi connectivity index (χ4v) is 10.4. The van der Waals surface area contributed by atoms with Gasteiger partial charge in [-0.05, 0) is 84.3 Å². The zero-order valence-electron chi connectivity index (χ0n) is 24.8. The van der Waals surface area contributed by atoms with Crippen molar-refractivity contribution >= 4 is 43.9 Å². The number of para-hydroxylation sites is 2. The maximum absolute atomic E-state index is 2.80. The molecule has 1 fully saturated rings. The third-order valence-corrected chi connectivity index (χ3v) is 11.9. The van der Waals surface area contributed by atoms with E-state index in [4.69, 9.17) is 0 Å². The molecule has 8 aromatic rings. The van der Waals surface area contributed by atoms with E-state index < -0.39 is 0 Å². The summed E-state index contributed by atoms with van der Waals surface area (Å²) in [5.74, 6) is 2.43. The van der Waals surface area contributed by atoms with Gasteiger partial charge in [0.25, 0.3) is 11.5 Å². The van der Waals surface area contributed by atoms with Crippen LogP contribution in [0.15, 0.2) is 121 Å². The Labute approximate surface area is 260 Å². The maximum Gasteiger partial charge on any atom is 0.300 e. The quantitative estimate of drug-likeness (QED) is 0.176. The van der Waals surface area contributed by atoms with Gasteiger partial charge in [-0.3, -0.25) is 0 Å². The summed E-state index contributed by atoms with van der Waals surface area (Å²) < 4.78 is 10.7. The lowest BCUT2D eigenvalue weighted by Gasteiger charge is -2.48. The molecule has 3 atom stereocenters. The van der Waals surface area contributed by atoms with Gasteiger partial charge in [0.15, 0.2) is 0 Å². The van der Waals surface area contributed by atoms with Crippen LogP contribution in [-0.2, 0) is 12.1 Å². The monoisotopic (exact) mass is 578 g/mol. The normalized spacial score (nSPS) is 22.0. The van der Waals surface area contributed by atoms with Crippen LogP contribution >= 0.6 is 0 Å². The highest BCUT2D eigenvalue weighted by Crippen LogP contribution is 2.55. The average Bonchev–Trinajstić information content (AvgIpc) is 3.80. The molecule has 4 aromatic heterocycles. The van der Waals surface area contributed by atoms with Crippen LogP contribution in [0.3, 0.4) is 0 Å². The van der Waals surface area contributed by atoms with Gasteiger partial charge in [-0.1, -0.05) is 73.2 Å². The van der Waals surface area contributed by atoms with Gasteiger partial charge in [-0.25, -0.2) is 4.57 Å². The summed E-state index contributed by atoms with van der Waals surface area (Å²) in [5, 5.41) is 5.32. The molecule has 45 heavy (non-hydrogen) atoms. The molecule has 3 unspecified atom stereocenters. The van der Waals surface area contributed by atoms with Gasteiger partial charge in [-0.2, -0.15) is 13.7 Å². The summed E-state index contributed by atoms with van der Waals surface area (Å²) in [6.45, 7) is 0. The molecule has 1 saturated carbocycles. The number of nitrogens with zero attached hydrogens (tertiary/aromatic N) is 4. The van der Waals surface area contributed by atoms with Crippen molar-refractivity contribution in [1.82, 2.24) is 9.13 Å². The average molecular weight is 579 g/mol. The lowest BCUT2D eigenvalue weighted by molar-refractivity contribution is -0.977. The molecule has 4 nitrogen and oxygen atoms in total. The minimum Gasteiger partial charge on any atom is -0.225 e. The van der Waals surface area contributed by atoms with Crippen molar-refractivity contribution in [3.8, 4) is 22.6 Å². The summed E-state index contributed by atoms with van der Waals surface area (Å²) in [7, 11) is 0. The van der Waals surface area contributed by atoms with E-state index in [2.05, 4.69) is 140 Å². The highest BCUT2D eigenvalue weighted by Gasteiger charge is 2.66. The zero-order valence-corrected chi connectivity index (χ0v) is 24.8. The van der Waals surface area contributed by atoms with E-state index in [1.54, 1.807) is 0 Å². The first kappa shape index (κ1) is 23.2. The smallest absolute Gasteiger partial charge is 0.225 e. The number of hydrogen-bond acceptors (Lipinski definition) is 0. The highest BCUT2D eigenvalue weighted by molar-refractivity contribution is 6.09. The molecular weight excluding hydrogens is 548 g/mol. The Morgan fingerprint density at radius 3 is 2.20 bits per heavy atom. The van der Waals surface area contributed by atoms with Crippen molar-refractivity contribution in [2.24, 2.45) is 11.8 Å². The van der Waals surface area contributed by atoms with Crippen molar-refractivity contribution in [2.75, 3.05) is 0 Å². The summed E-state index contributed by atoms with van der Waals surface area (Å²) in [5.41, 5.74) is 11.8. The van der Waals surface area contributed by atoms with Gasteiger partial charge in [-0.15, -0.1) is 0 Å². The van der Waals surface area contributed by atoms with E-state index in [9.17, 15) is 0 Å². The summed E-state index contributed by atoms with van der Waals surface area (Å²) in [6, 6.07) is 43.6. The second-order valence-electron chi connectivity index (χ2n) is 13.7. The number of pyridine rings is 2. The first-order chi connectivity index (χ1) is 22.3. The number of rotatable bonds is 1. The summed E-state index contributed by atoms with van der Waals surface area (Å²) in [6.07, 6.45) is 7.39. The maximum atomic E-state index is 2.80. The SMILES string of the molecule is c1ccc(-c2cc3c4c(c2)-n2c5ccccc5c5ccc6[n+](c52)C4(C2CCCC2C3)[n+]2cccc3c4ccccc4n-6c32)cc1. The van der Waals surface area contributed by atoms with Crippen LogP contribution in [0.2, 0.25) is 0 Å². The summed E-state index contributed by atoms with van der Waals surface area (Å²) in [4.78, 5) is 0. The van der Waals surface area contributed by atoms with Gasteiger partial charge in [0, 0.05) is 22.8 Å². The first-order valence-electron chi connectivity index (χ1n) is 16.5. The van der Waals surface area contributed by atoms with Crippen LogP contribution in [0.5, 0.6) is 0 Å². The van der Waals surface area contributed by atoms with Crippen molar-refractivity contribution in [3.05, 3.63) is 133 Å². The Kier molecular flexibility index (Phi) is 3.97. The molecule has 2 aliphatic carbocycles. The predicted molar refractivity (Wildman–Crippen MR) is 178 cm³/mol. The van der Waals surface area contributed by atoms with Crippen molar-refractivity contribution in [3.63, 3.8) is 0 Å². The molecule has 6 heterocycles. The van der Waals surface area contributed by atoms with E-state index in [1.165, 1.54) is 96.9 Å². The molecule has 0 N–H and O–H groups in total. The van der Waals surface area contributed by atoms with Gasteiger partial charge >= 0.3 is 5.65 Å². The van der Waals surface area contributed by atoms with Gasteiger partial charge < -0.3 is 0 Å². The number of benzene rings is 4. The fourth-order valence-electron chi connectivity index (χ4n) is 10.4. The van der Waals surface area contributed by atoms with E-state index in [-0.39, 0.29) is 5.66 Å². The topological polar surface area (TPSA) is 17.6 Å². The Hall–Kier alpha value is -5.22. The van der Waals surface area contributed by atoms with Gasteiger partial charge in [0.2, 0.25) is 5.65 Å². The summed E-state index contributed by atoms with van der Waals surface area (Å²) >= 11 is 0. The minimum atomic E-state index is -0.345.